The number of hydrogen-bond donors (Lipinski definition) is 2. The fourth-order valence-corrected chi connectivity index (χ4v) is 3.12. The Morgan fingerprint density at radius 1 is 1.42 bits per heavy atom. The molecule has 2 rings (SSSR count). The number of oxime groups is 1. The summed E-state index contributed by atoms with van der Waals surface area (Å²) in [5, 5.41) is 15.3. The molecule has 5 nitrogen and oxygen atoms in total. The fraction of sp³-hybridized carbons (Fsp3) is 0.857. The molecule has 1 unspecified atom stereocenters. The van der Waals surface area contributed by atoms with E-state index < -0.39 is 0 Å². The molecule has 1 atom stereocenters. The smallest absolute Gasteiger partial charge is 0.234 e. The summed E-state index contributed by atoms with van der Waals surface area (Å²) in [6.45, 7) is 4.12. The topological polar surface area (TPSA) is 64.9 Å². The van der Waals surface area contributed by atoms with E-state index in [0.29, 0.717) is 12.6 Å². The molecule has 0 aromatic carbocycles. The molecule has 2 N–H and O–H groups in total. The van der Waals surface area contributed by atoms with Gasteiger partial charge in [-0.15, -0.1) is 0 Å². The minimum absolute atomic E-state index is 0.142. The number of amides is 1. The number of piperidine rings is 1. The summed E-state index contributed by atoms with van der Waals surface area (Å²) in [4.78, 5) is 14.2. The maximum absolute atomic E-state index is 12.0. The molecule has 5 heteroatoms. The molecule has 0 aromatic heterocycles. The second-order valence-corrected chi connectivity index (χ2v) is 5.88. The highest BCUT2D eigenvalue weighted by Gasteiger charge is 2.24. The van der Waals surface area contributed by atoms with Crippen molar-refractivity contribution in [3.63, 3.8) is 0 Å². The first kappa shape index (κ1) is 14.3. The maximum Gasteiger partial charge on any atom is 0.234 e. The maximum atomic E-state index is 12.0. The number of rotatable bonds is 3. The van der Waals surface area contributed by atoms with Crippen LogP contribution in [0, 0.1) is 5.92 Å². The molecular formula is C14H25N3O2. The molecule has 1 aliphatic heterocycles. The van der Waals surface area contributed by atoms with Crippen LogP contribution >= 0.6 is 0 Å². The zero-order chi connectivity index (χ0) is 13.7. The molecule has 0 radical (unpaired) electrons. The summed E-state index contributed by atoms with van der Waals surface area (Å²) >= 11 is 0. The van der Waals surface area contributed by atoms with E-state index in [4.69, 9.17) is 5.21 Å². The van der Waals surface area contributed by atoms with Gasteiger partial charge in [-0.3, -0.25) is 9.69 Å². The zero-order valence-corrected chi connectivity index (χ0v) is 11.8. The van der Waals surface area contributed by atoms with E-state index in [-0.39, 0.29) is 11.8 Å². The summed E-state index contributed by atoms with van der Waals surface area (Å²) in [7, 11) is 0. The van der Waals surface area contributed by atoms with Crippen molar-refractivity contribution in [3.05, 3.63) is 0 Å². The van der Waals surface area contributed by atoms with Crippen molar-refractivity contribution in [2.24, 2.45) is 11.1 Å². The van der Waals surface area contributed by atoms with Gasteiger partial charge in [0.05, 0.1) is 12.3 Å². The molecule has 1 heterocycles. The number of nitrogens with zero attached hydrogens (tertiary/aromatic N) is 2. The van der Waals surface area contributed by atoms with Crippen molar-refractivity contribution >= 4 is 11.6 Å². The predicted molar refractivity (Wildman–Crippen MR) is 74.5 cm³/mol. The van der Waals surface area contributed by atoms with E-state index in [2.05, 4.69) is 15.4 Å². The van der Waals surface area contributed by atoms with Crippen LogP contribution in [0.3, 0.4) is 0 Å². The zero-order valence-electron chi connectivity index (χ0n) is 11.8. The highest BCUT2D eigenvalue weighted by Crippen LogP contribution is 2.17. The Balaban J connectivity index is 1.73. The largest absolute Gasteiger partial charge is 0.411 e. The molecule has 1 aliphatic carbocycles. The molecule has 108 valence electrons. The third-order valence-corrected chi connectivity index (χ3v) is 4.25. The van der Waals surface area contributed by atoms with Crippen molar-refractivity contribution < 1.29 is 10.0 Å². The van der Waals surface area contributed by atoms with Gasteiger partial charge in [-0.1, -0.05) is 31.3 Å². The first-order chi connectivity index (χ1) is 9.19. The minimum atomic E-state index is 0.142. The lowest BCUT2D eigenvalue weighted by Gasteiger charge is -2.31. The predicted octanol–water partition coefficient (Wildman–Crippen LogP) is 1.61. The lowest BCUT2D eigenvalue weighted by Crippen LogP contribution is -2.47. The molecule has 2 fully saturated rings. The van der Waals surface area contributed by atoms with E-state index in [1.807, 2.05) is 6.92 Å². The molecule has 1 amide bonds. The molecule has 1 saturated heterocycles. The van der Waals surface area contributed by atoms with Crippen LogP contribution in [0.1, 0.15) is 45.4 Å². The molecule has 19 heavy (non-hydrogen) atoms. The molecule has 0 aromatic rings. The molecule has 2 aliphatic rings. The van der Waals surface area contributed by atoms with Crippen LogP contribution in [-0.2, 0) is 4.79 Å². The Labute approximate surface area is 115 Å². The third kappa shape index (κ3) is 4.20. The second-order valence-electron chi connectivity index (χ2n) is 5.88. The Morgan fingerprint density at radius 2 is 2.16 bits per heavy atom. The van der Waals surface area contributed by atoms with Crippen LogP contribution in [0.2, 0.25) is 0 Å². The van der Waals surface area contributed by atoms with E-state index in [0.717, 1.165) is 38.1 Å². The van der Waals surface area contributed by atoms with Gasteiger partial charge in [0.2, 0.25) is 5.91 Å². The number of likely N-dealkylation sites (tertiary alicyclic amines) is 1. The SMILES string of the molecule is CC1CN(CC(=O)NC2CCCCC2)CCC1=NO. The lowest BCUT2D eigenvalue weighted by molar-refractivity contribution is -0.123. The van der Waals surface area contributed by atoms with E-state index in [1.54, 1.807) is 0 Å². The van der Waals surface area contributed by atoms with Crippen LogP contribution in [0.25, 0.3) is 0 Å². The van der Waals surface area contributed by atoms with Gasteiger partial charge in [0, 0.05) is 31.5 Å². The minimum Gasteiger partial charge on any atom is -0.411 e. The van der Waals surface area contributed by atoms with E-state index >= 15 is 0 Å². The summed E-state index contributed by atoms with van der Waals surface area (Å²) < 4.78 is 0. The van der Waals surface area contributed by atoms with Crippen molar-refractivity contribution in [1.82, 2.24) is 10.2 Å². The van der Waals surface area contributed by atoms with Gasteiger partial charge in [-0.25, -0.2) is 0 Å². The monoisotopic (exact) mass is 267 g/mol. The molecular weight excluding hydrogens is 242 g/mol. The normalized spacial score (nSPS) is 28.5. The van der Waals surface area contributed by atoms with E-state index in [9.17, 15) is 4.79 Å². The van der Waals surface area contributed by atoms with Gasteiger partial charge in [0.15, 0.2) is 0 Å². The van der Waals surface area contributed by atoms with Crippen molar-refractivity contribution in [2.45, 2.75) is 51.5 Å². The van der Waals surface area contributed by atoms with Crippen LogP contribution in [0.5, 0.6) is 0 Å². The fourth-order valence-electron chi connectivity index (χ4n) is 3.12. The molecule has 1 saturated carbocycles. The van der Waals surface area contributed by atoms with Gasteiger partial charge in [-0.2, -0.15) is 0 Å². The summed E-state index contributed by atoms with van der Waals surface area (Å²) in [6.07, 6.45) is 6.80. The first-order valence-corrected chi connectivity index (χ1v) is 7.41. The van der Waals surface area contributed by atoms with Crippen molar-refractivity contribution in [1.29, 1.82) is 0 Å². The van der Waals surface area contributed by atoms with Crippen LogP contribution in [-0.4, -0.2) is 47.4 Å². The lowest BCUT2D eigenvalue weighted by atomic mass is 9.95. The average molecular weight is 267 g/mol. The van der Waals surface area contributed by atoms with Gasteiger partial charge in [-0.05, 0) is 12.8 Å². The number of carbonyl (C=O) groups excluding carboxylic acids is 1. The van der Waals surface area contributed by atoms with Crippen LogP contribution in [0.15, 0.2) is 5.16 Å². The molecule has 0 spiro atoms. The first-order valence-electron chi connectivity index (χ1n) is 7.41. The molecule has 0 bridgehead atoms. The highest BCUT2D eigenvalue weighted by atomic mass is 16.4. The van der Waals surface area contributed by atoms with Crippen molar-refractivity contribution in [2.75, 3.05) is 19.6 Å². The van der Waals surface area contributed by atoms with Gasteiger partial charge < -0.3 is 10.5 Å². The van der Waals surface area contributed by atoms with Gasteiger partial charge in [0.1, 0.15) is 0 Å². The Bertz CT molecular complexity index is 338. The van der Waals surface area contributed by atoms with Gasteiger partial charge in [0.25, 0.3) is 0 Å². The quantitative estimate of drug-likeness (QED) is 0.603. The Kier molecular flexibility index (Phi) is 5.19. The van der Waals surface area contributed by atoms with Crippen LogP contribution < -0.4 is 5.32 Å². The van der Waals surface area contributed by atoms with Gasteiger partial charge >= 0.3 is 0 Å². The average Bonchev–Trinajstić information content (AvgIpc) is 2.40. The summed E-state index contributed by atoms with van der Waals surface area (Å²) in [5.74, 6) is 0.379. The van der Waals surface area contributed by atoms with Crippen molar-refractivity contribution in [3.8, 4) is 0 Å². The highest BCUT2D eigenvalue weighted by molar-refractivity contribution is 5.87. The number of nitrogens with one attached hydrogen (secondary N) is 1. The van der Waals surface area contributed by atoms with E-state index in [1.165, 1.54) is 19.3 Å². The number of carbonyl (C=O) groups is 1. The summed E-state index contributed by atoms with van der Waals surface area (Å²) in [5.41, 5.74) is 0.851. The Morgan fingerprint density at radius 3 is 2.79 bits per heavy atom. The summed E-state index contributed by atoms with van der Waals surface area (Å²) in [6, 6.07) is 0.387. The second kappa shape index (κ2) is 6.89. The van der Waals surface area contributed by atoms with Crippen LogP contribution in [0.4, 0.5) is 0 Å². The Hall–Kier alpha value is -1.10. The third-order valence-electron chi connectivity index (χ3n) is 4.25. The number of hydrogen-bond acceptors (Lipinski definition) is 4. The standard InChI is InChI=1S/C14H25N3O2/c1-11-9-17(8-7-13(11)16-19)10-14(18)15-12-5-3-2-4-6-12/h11-12,19H,2-10H2,1H3,(H,15,18).